The normalized spacial score (nSPS) is 14.1. The highest BCUT2D eigenvalue weighted by molar-refractivity contribution is 7.47. The van der Waals surface area contributed by atoms with Crippen molar-refractivity contribution >= 4 is 25.7 Å². The largest absolute Gasteiger partial charge is 0.480 e. The first-order valence-corrected chi connectivity index (χ1v) is 21.9. The summed E-state index contributed by atoms with van der Waals surface area (Å²) in [5, 5.41) is 21.7. The van der Waals surface area contributed by atoms with E-state index in [0.717, 1.165) is 70.6 Å². The number of rotatable bonds is 38. The van der Waals surface area contributed by atoms with Crippen LogP contribution in [0.2, 0.25) is 0 Å². The number of esters is 1. The van der Waals surface area contributed by atoms with Crippen LogP contribution >= 0.6 is 7.82 Å². The van der Waals surface area contributed by atoms with Crippen LogP contribution < -0.4 is 5.32 Å². The third-order valence-corrected chi connectivity index (χ3v) is 9.68. The van der Waals surface area contributed by atoms with Crippen molar-refractivity contribution in [1.29, 1.82) is 0 Å². The minimum Gasteiger partial charge on any atom is -0.480 e. The van der Waals surface area contributed by atoms with Gasteiger partial charge in [-0.05, 0) is 38.5 Å². The fraction of sp³-hybridized carbons (Fsp3) is 0.825. The van der Waals surface area contributed by atoms with E-state index in [4.69, 9.17) is 13.8 Å². The van der Waals surface area contributed by atoms with E-state index in [1.165, 1.54) is 70.6 Å². The Kier molecular flexibility index (Phi) is 34.6. The molecule has 0 saturated heterocycles. The molecule has 0 spiro atoms. The molecule has 0 saturated carbocycles. The number of hydrogen-bond donors (Lipinski definition) is 4. The van der Waals surface area contributed by atoms with Gasteiger partial charge in [-0.15, -0.1) is 0 Å². The number of aliphatic hydroxyl groups is 1. The average Bonchev–Trinajstić information content (AvgIpc) is 3.11. The zero-order valence-corrected chi connectivity index (χ0v) is 33.5. The number of carboxylic acids is 1. The molecule has 0 aliphatic rings. The fourth-order valence-electron chi connectivity index (χ4n) is 5.53. The summed E-state index contributed by atoms with van der Waals surface area (Å²) < 4.78 is 26.8. The van der Waals surface area contributed by atoms with Gasteiger partial charge in [0.15, 0.2) is 6.04 Å². The van der Waals surface area contributed by atoms with Crippen LogP contribution in [0.4, 0.5) is 0 Å². The molecule has 0 aliphatic carbocycles. The molecule has 0 aromatic carbocycles. The number of carbonyl (C=O) groups is 3. The number of unbranched alkanes of at least 4 members (excludes halogenated alkanes) is 20. The van der Waals surface area contributed by atoms with E-state index in [1.54, 1.807) is 0 Å². The number of phosphoric ester groups is 1. The summed E-state index contributed by atoms with van der Waals surface area (Å²) >= 11 is 0. The van der Waals surface area contributed by atoms with Gasteiger partial charge in [-0.3, -0.25) is 18.6 Å². The molecule has 12 heteroatoms. The van der Waals surface area contributed by atoms with Gasteiger partial charge in [-0.2, -0.15) is 0 Å². The number of aliphatic hydroxyl groups excluding tert-OH is 1. The molecule has 3 unspecified atom stereocenters. The second-order valence-electron chi connectivity index (χ2n) is 13.8. The van der Waals surface area contributed by atoms with Gasteiger partial charge in [0.2, 0.25) is 5.91 Å². The third-order valence-electron chi connectivity index (χ3n) is 8.72. The molecule has 4 N–H and O–H groups in total. The molecule has 0 aromatic heterocycles. The van der Waals surface area contributed by atoms with Gasteiger partial charge in [0.25, 0.3) is 0 Å². The molecule has 11 nitrogen and oxygen atoms in total. The van der Waals surface area contributed by atoms with Crippen LogP contribution in [-0.4, -0.2) is 64.9 Å². The number of ether oxygens (including phenoxy) is 1. The lowest BCUT2D eigenvalue weighted by Gasteiger charge is -2.18. The minimum atomic E-state index is -4.75. The maximum Gasteiger partial charge on any atom is 0.472 e. The maximum absolute atomic E-state index is 12.2. The molecule has 0 bridgehead atoms. The topological polar surface area (TPSA) is 169 Å². The number of carboxylic acid groups (broad SMARTS) is 1. The molecule has 52 heavy (non-hydrogen) atoms. The minimum absolute atomic E-state index is 0.130. The summed E-state index contributed by atoms with van der Waals surface area (Å²) in [5.41, 5.74) is 0. The van der Waals surface area contributed by atoms with E-state index in [-0.39, 0.29) is 12.8 Å². The second-order valence-corrected chi connectivity index (χ2v) is 15.3. The highest BCUT2D eigenvalue weighted by Crippen LogP contribution is 2.43. The lowest BCUT2D eigenvalue weighted by molar-refractivity contribution is -0.147. The van der Waals surface area contributed by atoms with Gasteiger partial charge in [-0.1, -0.05) is 154 Å². The van der Waals surface area contributed by atoms with Gasteiger partial charge in [0, 0.05) is 12.8 Å². The van der Waals surface area contributed by atoms with Gasteiger partial charge >= 0.3 is 19.8 Å². The lowest BCUT2D eigenvalue weighted by atomic mass is 10.0. The lowest BCUT2D eigenvalue weighted by Crippen LogP contribution is -2.43. The quantitative estimate of drug-likeness (QED) is 0.0206. The van der Waals surface area contributed by atoms with Crippen molar-refractivity contribution in [3.05, 3.63) is 24.3 Å². The molecular weight excluding hydrogens is 685 g/mol. The Morgan fingerprint density at radius 3 is 1.63 bits per heavy atom. The SMILES string of the molecule is CCC/C=C\C/C=C\CCCCCCCC(=O)NC(COP(=O)(O)OCC(O)COC(=O)CCCCCCCCCCCCCCCCC)C(=O)O. The number of carbonyl (C=O) groups excluding carboxylic acids is 2. The van der Waals surface area contributed by atoms with E-state index in [0.29, 0.717) is 12.8 Å². The average molecular weight is 760 g/mol. The Morgan fingerprint density at radius 1 is 0.615 bits per heavy atom. The molecule has 0 rings (SSSR count). The summed E-state index contributed by atoms with van der Waals surface area (Å²) in [6.45, 7) is 2.51. The Bertz CT molecular complexity index is 989. The highest BCUT2D eigenvalue weighted by atomic mass is 31.2. The van der Waals surface area contributed by atoms with Crippen LogP contribution in [0, 0.1) is 0 Å². The number of nitrogens with one attached hydrogen (secondary N) is 1. The fourth-order valence-corrected chi connectivity index (χ4v) is 6.30. The molecule has 304 valence electrons. The van der Waals surface area contributed by atoms with Crippen LogP contribution in [0.15, 0.2) is 24.3 Å². The number of phosphoric acid groups is 1. The molecule has 0 aliphatic heterocycles. The van der Waals surface area contributed by atoms with Crippen LogP contribution in [-0.2, 0) is 32.7 Å². The van der Waals surface area contributed by atoms with E-state index < -0.39 is 57.6 Å². The predicted octanol–water partition coefficient (Wildman–Crippen LogP) is 9.89. The summed E-state index contributed by atoms with van der Waals surface area (Å²) in [7, 11) is -4.75. The van der Waals surface area contributed by atoms with Gasteiger partial charge < -0.3 is 25.2 Å². The third kappa shape index (κ3) is 35.0. The first kappa shape index (κ1) is 50.0. The van der Waals surface area contributed by atoms with E-state index in [9.17, 15) is 34.1 Å². The predicted molar refractivity (Wildman–Crippen MR) is 208 cm³/mol. The molecule has 0 aromatic rings. The molecule has 0 radical (unpaired) electrons. The number of aliphatic carboxylic acids is 1. The Hall–Kier alpha value is -2.04. The first-order valence-electron chi connectivity index (χ1n) is 20.4. The van der Waals surface area contributed by atoms with Crippen LogP contribution in [0.5, 0.6) is 0 Å². The van der Waals surface area contributed by atoms with Crippen LogP contribution in [0.3, 0.4) is 0 Å². The van der Waals surface area contributed by atoms with Crippen molar-refractivity contribution in [2.75, 3.05) is 19.8 Å². The Labute approximate surface area is 315 Å². The molecular formula is C40H74NO10P. The number of hydrogen-bond acceptors (Lipinski definition) is 8. The van der Waals surface area contributed by atoms with Gasteiger partial charge in [0.1, 0.15) is 12.7 Å². The van der Waals surface area contributed by atoms with Crippen LogP contribution in [0.1, 0.15) is 181 Å². The zero-order valence-electron chi connectivity index (χ0n) is 32.6. The zero-order chi connectivity index (χ0) is 38.5. The molecule has 3 atom stereocenters. The maximum atomic E-state index is 12.2. The molecule has 0 fully saturated rings. The second kappa shape index (κ2) is 36.0. The standard InChI is InChI=1S/C40H74NO10P/c1-3-5-7-9-11-13-15-17-18-20-22-24-26-28-30-32-39(44)49-33-36(42)34-50-52(47,48)51-35-37(40(45)46)41-38(43)31-29-27-25-23-21-19-16-14-12-10-8-6-4-2/h8,10,14,16,36-37,42H,3-7,9,11-13,15,17-35H2,1-2H3,(H,41,43)(H,45,46)(H,47,48)/b10-8-,16-14-. The van der Waals surface area contributed by atoms with Crippen LogP contribution in [0.25, 0.3) is 0 Å². The Morgan fingerprint density at radius 2 is 1.10 bits per heavy atom. The van der Waals surface area contributed by atoms with Crippen molar-refractivity contribution in [3.63, 3.8) is 0 Å². The smallest absolute Gasteiger partial charge is 0.472 e. The Balaban J connectivity index is 3.93. The van der Waals surface area contributed by atoms with Gasteiger partial charge in [0.05, 0.1) is 13.2 Å². The van der Waals surface area contributed by atoms with E-state index >= 15 is 0 Å². The van der Waals surface area contributed by atoms with Crippen molar-refractivity contribution in [3.8, 4) is 0 Å². The van der Waals surface area contributed by atoms with Crippen molar-refractivity contribution in [2.24, 2.45) is 0 Å². The van der Waals surface area contributed by atoms with Crippen molar-refractivity contribution in [2.45, 2.75) is 193 Å². The van der Waals surface area contributed by atoms with E-state index in [2.05, 4.69) is 43.5 Å². The summed E-state index contributed by atoms with van der Waals surface area (Å²) in [6, 6.07) is -1.55. The highest BCUT2D eigenvalue weighted by Gasteiger charge is 2.28. The van der Waals surface area contributed by atoms with Gasteiger partial charge in [-0.25, -0.2) is 9.36 Å². The summed E-state index contributed by atoms with van der Waals surface area (Å²) in [4.78, 5) is 45.7. The summed E-state index contributed by atoms with van der Waals surface area (Å²) in [5.74, 6) is -2.39. The first-order chi connectivity index (χ1) is 25.1. The van der Waals surface area contributed by atoms with Crippen molar-refractivity contribution in [1.82, 2.24) is 5.32 Å². The number of amides is 1. The number of allylic oxidation sites excluding steroid dienone is 4. The van der Waals surface area contributed by atoms with E-state index in [1.807, 2.05) is 0 Å². The summed E-state index contributed by atoms with van der Waals surface area (Å²) in [6.07, 6.45) is 34.9. The molecule has 0 heterocycles. The monoisotopic (exact) mass is 760 g/mol. The molecule has 1 amide bonds. The van der Waals surface area contributed by atoms with Crippen molar-refractivity contribution < 1.29 is 47.8 Å².